The number of thioether (sulfide) groups is 1. The Kier molecular flexibility index (Phi) is 39.6. The van der Waals surface area contributed by atoms with Crippen LogP contribution in [0.1, 0.15) is 110 Å². The van der Waals surface area contributed by atoms with E-state index < -0.39 is 194 Å². The minimum atomic E-state index is -1.75. The molecule has 1 rings (SSSR count). The molecule has 28 N–H and O–H groups in total. The van der Waals surface area contributed by atoms with Crippen molar-refractivity contribution in [2.24, 2.45) is 45.3 Å². The van der Waals surface area contributed by atoms with Gasteiger partial charge in [0.25, 0.3) is 0 Å². The molecule has 11 atom stereocenters. The zero-order valence-electron chi connectivity index (χ0n) is 53.8. The molecule has 0 aliphatic heterocycles. The molecular formula is C55H95N21O18S. The summed E-state index contributed by atoms with van der Waals surface area (Å²) in [5.74, 6) is -15.0. The second kappa shape index (κ2) is 45.0. The van der Waals surface area contributed by atoms with Crippen LogP contribution in [0.4, 0.5) is 4.79 Å². The van der Waals surface area contributed by atoms with E-state index in [2.05, 4.69) is 78.8 Å². The number of aliphatic carboxylic acids is 2. The van der Waals surface area contributed by atoms with Gasteiger partial charge in [0.1, 0.15) is 60.4 Å². The normalized spacial score (nSPS) is 14.4. The first-order chi connectivity index (χ1) is 44.7. The van der Waals surface area contributed by atoms with Crippen LogP contribution in [0, 0.1) is 5.92 Å². The van der Waals surface area contributed by atoms with E-state index in [1.807, 2.05) is 0 Å². The van der Waals surface area contributed by atoms with E-state index >= 15 is 0 Å². The van der Waals surface area contributed by atoms with Gasteiger partial charge in [0.05, 0.1) is 25.5 Å². The summed E-state index contributed by atoms with van der Waals surface area (Å²) in [7, 11) is 0. The summed E-state index contributed by atoms with van der Waals surface area (Å²) < 4.78 is 0. The van der Waals surface area contributed by atoms with Crippen LogP contribution in [0.2, 0.25) is 0 Å². The minimum absolute atomic E-state index is 0.00471. The molecule has 1 heterocycles. The lowest BCUT2D eigenvalue weighted by atomic mass is 10.0. The Labute approximate surface area is 551 Å². The van der Waals surface area contributed by atoms with Crippen LogP contribution in [0.5, 0.6) is 0 Å². The number of nitrogens with one attached hydrogen (secondary N) is 13. The maximum Gasteiger partial charge on any atom is 0.325 e. The van der Waals surface area contributed by atoms with Gasteiger partial charge >= 0.3 is 18.0 Å². The number of hydrogen-bond acceptors (Lipinski definition) is 21. The Balaban J connectivity index is 3.43. The molecule has 0 bridgehead atoms. The first-order valence-corrected chi connectivity index (χ1v) is 31.8. The van der Waals surface area contributed by atoms with Crippen molar-refractivity contribution >= 4 is 107 Å². The number of carboxylic acid groups (broad SMARTS) is 2. The Morgan fingerprint density at radius 1 is 0.558 bits per heavy atom. The Morgan fingerprint density at radius 2 is 1.04 bits per heavy atom. The number of rotatable bonds is 48. The van der Waals surface area contributed by atoms with Crippen LogP contribution < -0.4 is 98.2 Å². The van der Waals surface area contributed by atoms with Gasteiger partial charge in [0, 0.05) is 44.2 Å². The molecule has 14 amide bonds. The van der Waals surface area contributed by atoms with Gasteiger partial charge in [-0.1, -0.05) is 13.8 Å². The number of aliphatic hydroxyl groups excluding tert-OH is 1. The molecule has 0 aromatic carbocycles. The topological polar surface area (TPSA) is 658 Å². The van der Waals surface area contributed by atoms with E-state index in [0.29, 0.717) is 12.1 Å². The Morgan fingerprint density at radius 3 is 1.53 bits per heavy atom. The van der Waals surface area contributed by atoms with E-state index in [4.69, 9.17) is 39.5 Å². The monoisotopic (exact) mass is 1370 g/mol. The number of hydrogen-bond donors (Lipinski definition) is 22. The number of carbonyl (C=O) groups excluding carboxylic acids is 13. The Bertz CT molecular complexity index is 2780. The number of guanidine groups is 1. The molecular weight excluding hydrogens is 1270 g/mol. The highest BCUT2D eigenvalue weighted by Gasteiger charge is 2.36. The number of aliphatic hydroxyl groups is 1. The molecule has 0 aliphatic carbocycles. The predicted octanol–water partition coefficient (Wildman–Crippen LogP) is -8.47. The maximum absolute atomic E-state index is 14.3. The molecule has 0 unspecified atom stereocenters. The zero-order chi connectivity index (χ0) is 71.9. The van der Waals surface area contributed by atoms with Crippen molar-refractivity contribution < 1.29 is 87.2 Å². The van der Waals surface area contributed by atoms with Gasteiger partial charge < -0.3 is 119 Å². The van der Waals surface area contributed by atoms with Gasteiger partial charge in [-0.2, -0.15) is 11.8 Å². The van der Waals surface area contributed by atoms with Gasteiger partial charge in [-0.05, 0) is 103 Å². The third-order valence-electron chi connectivity index (χ3n) is 13.9. The number of amides is 14. The fourth-order valence-electron chi connectivity index (χ4n) is 8.57. The van der Waals surface area contributed by atoms with Crippen molar-refractivity contribution in [2.75, 3.05) is 44.8 Å². The van der Waals surface area contributed by atoms with Crippen LogP contribution in [-0.4, -0.2) is 231 Å². The standard InChI is InChI=1S/C55H95N21O18S/c1-27(2)42(52(91)75-38(25-77)51(90)72-34(12-8-19-63-54(59)60)46(85)67-28(3)43(82)68-29(4)53(92)93)76-40(79)24-65-45(84)32(11-9-20-64-55(61)94)70-50(89)37(17-21-95-5)74-47(86)33(10-6-7-18-56)71-49(88)36(14-16-41(80)81)73-48(87)35(13-15-39(58)78)69-44(83)31(57)22-30-23-62-26-66-30/h23,26-29,31-38,42,77H,6-22,24-25,56-57H2,1-5H3,(H2,58,78)(H,62,66)(H,65,84)(H,67,85)(H,68,82)(H,69,83)(H,70,89)(H,71,88)(H,72,90)(H,73,87)(H,74,86)(H,75,91)(H,76,79)(H,80,81)(H,92,93)(H4,59,60,63)(H3,61,64,94)/t28-,29-,31-,32-,33-,34-,35-,36-,37-,38-,42-/m0/s1. The molecule has 1 aromatic heterocycles. The number of carboxylic acids is 2. The van der Waals surface area contributed by atoms with E-state index in [0.717, 1.165) is 0 Å². The highest BCUT2D eigenvalue weighted by Crippen LogP contribution is 2.11. The fraction of sp³-hybridized carbons (Fsp3) is 0.655. The summed E-state index contributed by atoms with van der Waals surface area (Å²) in [4.78, 5) is 207. The molecule has 39 nitrogen and oxygen atoms in total. The van der Waals surface area contributed by atoms with Gasteiger partial charge in [-0.3, -0.25) is 72.1 Å². The highest BCUT2D eigenvalue weighted by molar-refractivity contribution is 7.98. The number of nitrogens with zero attached hydrogens (tertiary/aromatic N) is 2. The number of aliphatic imine (C=N–C) groups is 1. The van der Waals surface area contributed by atoms with Crippen molar-refractivity contribution in [1.29, 1.82) is 0 Å². The molecule has 0 radical (unpaired) electrons. The molecule has 0 aliphatic rings. The zero-order valence-corrected chi connectivity index (χ0v) is 54.6. The number of aromatic nitrogens is 2. The lowest BCUT2D eigenvalue weighted by Gasteiger charge is -2.27. The van der Waals surface area contributed by atoms with Gasteiger partial charge in [-0.15, -0.1) is 0 Å². The van der Waals surface area contributed by atoms with Crippen LogP contribution in [0.25, 0.3) is 0 Å². The third kappa shape index (κ3) is 34.3. The number of H-pyrrole nitrogens is 1. The largest absolute Gasteiger partial charge is 0.481 e. The summed E-state index contributed by atoms with van der Waals surface area (Å²) >= 11 is 1.27. The first-order valence-electron chi connectivity index (χ1n) is 30.4. The molecule has 0 fully saturated rings. The number of nitrogens with two attached hydrogens (primary N) is 6. The quantitative estimate of drug-likeness (QED) is 0.0164. The SMILES string of the molecule is CSCC[C@H](NC(=O)[C@H](CCCCN)NC(=O)[C@H](CCC(=O)O)NC(=O)[C@H](CCC(N)=O)NC(=O)[C@@H](N)Cc1cnc[nH]1)C(=O)N[C@@H](CCCNC(N)=O)C(=O)NCC(=O)N[C@H](C(=O)N[C@@H](CO)C(=O)N[C@@H](CCCN=C(N)N)C(=O)N[C@@H](C)C(=O)N[C@@H](C)C(=O)O)C(C)C. The van der Waals surface area contributed by atoms with E-state index in [1.54, 1.807) is 6.26 Å². The Hall–Kier alpha value is -9.44. The summed E-state index contributed by atoms with van der Waals surface area (Å²) in [6.07, 6.45) is 2.54. The summed E-state index contributed by atoms with van der Waals surface area (Å²) in [6, 6.07) is -17.0. The molecule has 0 saturated carbocycles. The van der Waals surface area contributed by atoms with Gasteiger partial charge in [0.15, 0.2) is 5.96 Å². The molecule has 95 heavy (non-hydrogen) atoms. The lowest BCUT2D eigenvalue weighted by molar-refractivity contribution is -0.141. The fourth-order valence-corrected chi connectivity index (χ4v) is 9.04. The van der Waals surface area contributed by atoms with Crippen LogP contribution >= 0.6 is 11.8 Å². The van der Waals surface area contributed by atoms with Crippen molar-refractivity contribution in [1.82, 2.24) is 73.8 Å². The number of primary amides is 2. The average molecular weight is 1370 g/mol. The van der Waals surface area contributed by atoms with Gasteiger partial charge in [0.2, 0.25) is 70.9 Å². The van der Waals surface area contributed by atoms with Crippen LogP contribution in [-0.2, 0) is 73.5 Å². The van der Waals surface area contributed by atoms with Crippen LogP contribution in [0.15, 0.2) is 17.5 Å². The van der Waals surface area contributed by atoms with Crippen molar-refractivity contribution in [3.63, 3.8) is 0 Å². The van der Waals surface area contributed by atoms with Crippen molar-refractivity contribution in [2.45, 2.75) is 178 Å². The molecule has 0 saturated heterocycles. The number of aromatic amines is 1. The van der Waals surface area contributed by atoms with E-state index in [1.165, 1.54) is 52.0 Å². The maximum atomic E-state index is 14.3. The van der Waals surface area contributed by atoms with E-state index in [-0.39, 0.29) is 89.1 Å². The lowest BCUT2D eigenvalue weighted by Crippen LogP contribution is -2.60. The molecule has 0 spiro atoms. The highest BCUT2D eigenvalue weighted by atomic mass is 32.2. The second-order valence-corrected chi connectivity index (χ2v) is 23.2. The number of carbonyl (C=O) groups is 15. The summed E-state index contributed by atoms with van der Waals surface area (Å²) in [5.41, 5.74) is 33.6. The van der Waals surface area contributed by atoms with Crippen molar-refractivity contribution in [3.8, 4) is 0 Å². The molecule has 534 valence electrons. The molecule has 1 aromatic rings. The van der Waals surface area contributed by atoms with Crippen molar-refractivity contribution in [3.05, 3.63) is 18.2 Å². The van der Waals surface area contributed by atoms with E-state index in [9.17, 15) is 82.1 Å². The summed E-state index contributed by atoms with van der Waals surface area (Å²) in [5, 5.41) is 57.9. The number of urea groups is 1. The predicted molar refractivity (Wildman–Crippen MR) is 341 cm³/mol. The third-order valence-corrected chi connectivity index (χ3v) is 14.6. The second-order valence-electron chi connectivity index (χ2n) is 22.2. The average Bonchev–Trinajstić information content (AvgIpc) is 1.27. The summed E-state index contributed by atoms with van der Waals surface area (Å²) in [6.45, 7) is 3.66. The minimum Gasteiger partial charge on any atom is -0.481 e. The first kappa shape index (κ1) is 83.6. The molecule has 40 heteroatoms. The number of imidazole rings is 1. The number of unbranched alkanes of at least 4 members (excludes halogenated alkanes) is 1. The van der Waals surface area contributed by atoms with Gasteiger partial charge in [-0.25, -0.2) is 9.78 Å². The van der Waals surface area contributed by atoms with Crippen LogP contribution in [0.3, 0.4) is 0 Å². The smallest absolute Gasteiger partial charge is 0.325 e.